The summed E-state index contributed by atoms with van der Waals surface area (Å²) < 4.78 is 85.1. The monoisotopic (exact) mass is 576 g/mol. The summed E-state index contributed by atoms with van der Waals surface area (Å²) in [6.45, 7) is 1.31. The molecule has 2 N–H and O–H groups in total. The van der Waals surface area contributed by atoms with E-state index in [0.29, 0.717) is 30.4 Å². The average molecular weight is 577 g/mol. The summed E-state index contributed by atoms with van der Waals surface area (Å²) in [6.07, 6.45) is -7.11. The second kappa shape index (κ2) is 12.4. The van der Waals surface area contributed by atoms with Crippen LogP contribution in [0.3, 0.4) is 0 Å². The molecule has 12 heteroatoms. The van der Waals surface area contributed by atoms with E-state index in [1.807, 2.05) is 0 Å². The summed E-state index contributed by atoms with van der Waals surface area (Å²) in [5.41, 5.74) is -2.36. The molecule has 2 amide bonds. The number of amides is 2. The predicted octanol–water partition coefficient (Wildman–Crippen LogP) is 5.66. The zero-order valence-corrected chi connectivity index (χ0v) is 21.6. The fourth-order valence-electron chi connectivity index (χ4n) is 4.36. The van der Waals surface area contributed by atoms with Gasteiger partial charge >= 0.3 is 12.4 Å². The number of alkyl halides is 7. The van der Waals surface area contributed by atoms with Gasteiger partial charge in [-0.2, -0.15) is 26.3 Å². The molecule has 2 aliphatic rings. The van der Waals surface area contributed by atoms with E-state index in [-0.39, 0.29) is 30.4 Å². The average Bonchev–Trinajstić information content (AvgIpc) is 3.19. The molecular weight excluding hydrogens is 550 g/mol. The highest BCUT2D eigenvalue weighted by Crippen LogP contribution is 2.41. The fraction of sp³-hybridized carbons (Fsp3) is 0.481. The Balaban J connectivity index is 1.81. The van der Waals surface area contributed by atoms with Gasteiger partial charge < -0.3 is 15.4 Å². The normalized spacial score (nSPS) is 24.1. The molecule has 212 valence electrons. The van der Waals surface area contributed by atoms with Gasteiger partial charge in [0.15, 0.2) is 0 Å². The van der Waals surface area contributed by atoms with Crippen LogP contribution in [0.25, 0.3) is 0 Å². The molecule has 0 radical (unpaired) electrons. The summed E-state index contributed by atoms with van der Waals surface area (Å²) in [5.74, 6) is 0.0593. The maximum atomic E-state index is 13.3. The molecule has 3 rings (SSSR count). The van der Waals surface area contributed by atoms with E-state index in [2.05, 4.69) is 22.7 Å². The minimum Gasteiger partial charge on any atom is -0.439 e. The lowest BCUT2D eigenvalue weighted by Gasteiger charge is -2.27. The Morgan fingerprint density at radius 2 is 1.90 bits per heavy atom. The first-order valence-corrected chi connectivity index (χ1v) is 12.8. The van der Waals surface area contributed by atoms with Gasteiger partial charge in [-0.15, -0.1) is 11.6 Å². The van der Waals surface area contributed by atoms with Crippen LogP contribution in [0.15, 0.2) is 53.6 Å². The third-order valence-corrected chi connectivity index (χ3v) is 6.77. The summed E-state index contributed by atoms with van der Waals surface area (Å²) in [6, 6.07) is 7.65. The zero-order valence-electron chi connectivity index (χ0n) is 20.9. The fourth-order valence-corrected chi connectivity index (χ4v) is 4.55. The van der Waals surface area contributed by atoms with Crippen LogP contribution in [-0.4, -0.2) is 42.2 Å². The van der Waals surface area contributed by atoms with Gasteiger partial charge in [0.1, 0.15) is 23.8 Å². The van der Waals surface area contributed by atoms with Crippen molar-refractivity contribution in [3.8, 4) is 12.0 Å². The van der Waals surface area contributed by atoms with Gasteiger partial charge in [0.25, 0.3) is 0 Å². The first-order chi connectivity index (χ1) is 18.2. The number of ether oxygens (including phenoxy) is 1. The van der Waals surface area contributed by atoms with Crippen molar-refractivity contribution in [3.63, 3.8) is 0 Å². The van der Waals surface area contributed by atoms with Crippen LogP contribution in [0.2, 0.25) is 0 Å². The van der Waals surface area contributed by atoms with Gasteiger partial charge in [-0.05, 0) is 49.3 Å². The Hall–Kier alpha value is -3.13. The minimum atomic E-state index is -4.96. The van der Waals surface area contributed by atoms with Crippen molar-refractivity contribution >= 4 is 23.4 Å². The van der Waals surface area contributed by atoms with E-state index in [4.69, 9.17) is 16.3 Å². The van der Waals surface area contributed by atoms with E-state index >= 15 is 0 Å². The molecule has 1 aromatic carbocycles. The minimum absolute atomic E-state index is 0.0294. The summed E-state index contributed by atoms with van der Waals surface area (Å²) in [4.78, 5) is 25.0. The number of allylic oxidation sites excluding steroid dienone is 3. The van der Waals surface area contributed by atoms with Gasteiger partial charge in [-0.1, -0.05) is 36.4 Å². The molecule has 1 aliphatic heterocycles. The van der Waals surface area contributed by atoms with Crippen LogP contribution >= 0.6 is 11.6 Å². The van der Waals surface area contributed by atoms with Crippen LogP contribution in [0.5, 0.6) is 0 Å². The van der Waals surface area contributed by atoms with Crippen LogP contribution in [-0.2, 0) is 19.9 Å². The highest BCUT2D eigenvalue weighted by atomic mass is 35.5. The van der Waals surface area contributed by atoms with Crippen molar-refractivity contribution in [2.75, 3.05) is 5.88 Å². The van der Waals surface area contributed by atoms with E-state index in [9.17, 15) is 35.9 Å². The SMILES string of the molecule is C[C@@H](OC#C[C@@]1(c2ccccc2)CC(NC(=O)CCCCCl)C(=O)N1)C1=CC(C(F)(F)F)=CC(C(F)(F)F)C1. The topological polar surface area (TPSA) is 67.4 Å². The lowest BCUT2D eigenvalue weighted by atomic mass is 9.87. The van der Waals surface area contributed by atoms with Crippen LogP contribution < -0.4 is 10.6 Å². The molecule has 0 aromatic heterocycles. The zero-order chi connectivity index (χ0) is 28.8. The van der Waals surface area contributed by atoms with Crippen LogP contribution in [0, 0.1) is 17.9 Å². The van der Waals surface area contributed by atoms with Crippen molar-refractivity contribution in [3.05, 3.63) is 59.2 Å². The molecule has 1 saturated heterocycles. The Morgan fingerprint density at radius 1 is 1.21 bits per heavy atom. The second-order valence-electron chi connectivity index (χ2n) is 9.41. The molecule has 5 nitrogen and oxygen atoms in total. The van der Waals surface area contributed by atoms with E-state index < -0.39 is 53.9 Å². The number of nitrogens with one attached hydrogen (secondary N) is 2. The molecule has 4 atom stereocenters. The van der Waals surface area contributed by atoms with Crippen molar-refractivity contribution in [1.29, 1.82) is 0 Å². The Bertz CT molecular complexity index is 1170. The van der Waals surface area contributed by atoms with Gasteiger partial charge in [-0.25, -0.2) is 0 Å². The van der Waals surface area contributed by atoms with Gasteiger partial charge in [0.2, 0.25) is 11.8 Å². The number of carbonyl (C=O) groups excluding carboxylic acids is 2. The highest BCUT2D eigenvalue weighted by molar-refractivity contribution is 6.17. The van der Waals surface area contributed by atoms with E-state index in [1.54, 1.807) is 30.3 Å². The quantitative estimate of drug-likeness (QED) is 0.182. The van der Waals surface area contributed by atoms with Crippen molar-refractivity contribution in [1.82, 2.24) is 10.6 Å². The number of halogens is 7. The number of rotatable bonds is 8. The van der Waals surface area contributed by atoms with E-state index in [0.717, 1.165) is 0 Å². The Kier molecular flexibility index (Phi) is 9.64. The molecular formula is C27H27ClF6N2O3. The number of carbonyl (C=O) groups is 2. The first-order valence-electron chi connectivity index (χ1n) is 12.2. The maximum absolute atomic E-state index is 13.3. The van der Waals surface area contributed by atoms with Crippen LogP contribution in [0.4, 0.5) is 26.3 Å². The summed E-state index contributed by atoms with van der Waals surface area (Å²) >= 11 is 5.63. The Morgan fingerprint density at radius 3 is 2.51 bits per heavy atom. The first kappa shape index (κ1) is 30.4. The molecule has 0 saturated carbocycles. The number of hydrogen-bond donors (Lipinski definition) is 2. The Labute approximate surface area is 227 Å². The van der Waals surface area contributed by atoms with Crippen molar-refractivity contribution < 1.29 is 40.7 Å². The molecule has 1 aromatic rings. The molecule has 0 spiro atoms. The largest absolute Gasteiger partial charge is 0.439 e. The highest BCUT2D eigenvalue weighted by Gasteiger charge is 2.46. The number of hydrogen-bond acceptors (Lipinski definition) is 3. The molecule has 39 heavy (non-hydrogen) atoms. The predicted molar refractivity (Wildman–Crippen MR) is 132 cm³/mol. The lowest BCUT2D eigenvalue weighted by molar-refractivity contribution is -0.163. The number of unbranched alkanes of at least 4 members (excludes halogenated alkanes) is 1. The standard InChI is InChI=1S/C27H27ClF6N2O3/c1-17(18-13-20(26(29,30)31)15-21(14-18)27(32,33)34)39-12-10-25(19-7-3-2-4-8-19)16-22(24(38)36-25)35-23(37)9-5-6-11-28/h2-4,7-8,13,15,17,21-22H,5-6,9,11,14,16H2,1H3,(H,35,37)(H,36,38)/t17-,21?,22?,25+/m1/s1. The van der Waals surface area contributed by atoms with Crippen molar-refractivity contribution in [2.24, 2.45) is 5.92 Å². The number of benzene rings is 1. The molecule has 1 heterocycles. The van der Waals surface area contributed by atoms with Gasteiger partial charge in [0.05, 0.1) is 11.5 Å². The third-order valence-electron chi connectivity index (χ3n) is 6.50. The van der Waals surface area contributed by atoms with Crippen molar-refractivity contribution in [2.45, 2.75) is 69.1 Å². The summed E-state index contributed by atoms with van der Waals surface area (Å²) in [5, 5.41) is 5.43. The maximum Gasteiger partial charge on any atom is 0.416 e. The summed E-state index contributed by atoms with van der Waals surface area (Å²) in [7, 11) is 0. The molecule has 1 fully saturated rings. The van der Waals surface area contributed by atoms with Gasteiger partial charge in [0, 0.05) is 18.7 Å². The van der Waals surface area contributed by atoms with Gasteiger partial charge in [-0.3, -0.25) is 9.59 Å². The molecule has 1 aliphatic carbocycles. The lowest BCUT2D eigenvalue weighted by Crippen LogP contribution is -2.40. The smallest absolute Gasteiger partial charge is 0.416 e. The third kappa shape index (κ3) is 7.94. The molecule has 0 bridgehead atoms. The second-order valence-corrected chi connectivity index (χ2v) is 9.79. The molecule has 2 unspecified atom stereocenters. The van der Waals surface area contributed by atoms with Crippen LogP contribution in [0.1, 0.15) is 44.6 Å². The van der Waals surface area contributed by atoms with E-state index in [1.165, 1.54) is 6.92 Å².